The fourth-order valence-electron chi connectivity index (χ4n) is 2.72. The molecule has 2 fully saturated rings. The summed E-state index contributed by atoms with van der Waals surface area (Å²) in [6.07, 6.45) is 5.54. The van der Waals surface area contributed by atoms with Gasteiger partial charge in [-0.1, -0.05) is 0 Å². The molecule has 0 atom stereocenters. The third-order valence-corrected chi connectivity index (χ3v) is 4.05. The summed E-state index contributed by atoms with van der Waals surface area (Å²) in [6, 6.07) is 0. The number of nitrogens with two attached hydrogens (primary N) is 1. The van der Waals surface area contributed by atoms with Gasteiger partial charge in [0, 0.05) is 36.6 Å². The number of alkyl halides is 1. The van der Waals surface area contributed by atoms with Crippen molar-refractivity contribution in [2.24, 2.45) is 5.73 Å². The van der Waals surface area contributed by atoms with Crippen molar-refractivity contribution in [1.82, 2.24) is 15.1 Å². The summed E-state index contributed by atoms with van der Waals surface area (Å²) in [6.45, 7) is 21.2. The molecule has 0 unspecified atom stereocenters. The monoisotopic (exact) mass is 412 g/mol. The van der Waals surface area contributed by atoms with E-state index in [2.05, 4.69) is 35.9 Å². The van der Waals surface area contributed by atoms with E-state index in [0.717, 1.165) is 19.0 Å². The Balaban J connectivity index is 0. The van der Waals surface area contributed by atoms with Crippen LogP contribution in [0.2, 0.25) is 0 Å². The first-order valence-corrected chi connectivity index (χ1v) is 10.6. The Hall–Kier alpha value is 0.420. The third-order valence-electron chi connectivity index (χ3n) is 3.88. The second-order valence-electron chi connectivity index (χ2n) is 9.33. The number of halogens is 2. The molecule has 0 bridgehead atoms. The maximum absolute atomic E-state index is 5.54. The highest BCUT2D eigenvalue weighted by atomic mass is 35.5. The first-order valence-electron chi connectivity index (χ1n) is 10.1. The van der Waals surface area contributed by atoms with Gasteiger partial charge in [0.05, 0.1) is 0 Å². The Kier molecular flexibility index (Phi) is 16.9. The highest BCUT2D eigenvalue weighted by Gasteiger charge is 2.13. The van der Waals surface area contributed by atoms with E-state index in [-0.39, 0.29) is 23.5 Å². The molecule has 0 amide bonds. The molecule has 2 aliphatic heterocycles. The van der Waals surface area contributed by atoms with Crippen LogP contribution in [0.3, 0.4) is 0 Å². The molecule has 2 heterocycles. The Labute approximate surface area is 175 Å². The normalized spacial score (nSPS) is 18.5. The van der Waals surface area contributed by atoms with Gasteiger partial charge in [-0.15, -0.1) is 24.0 Å². The van der Waals surface area contributed by atoms with Crippen LogP contribution in [0.25, 0.3) is 0 Å². The zero-order valence-electron chi connectivity index (χ0n) is 18.2. The van der Waals surface area contributed by atoms with E-state index in [4.69, 9.17) is 17.3 Å². The fraction of sp³-hybridized carbons (Fsp3) is 1.00. The molecule has 0 spiro atoms. The quantitative estimate of drug-likeness (QED) is 0.670. The summed E-state index contributed by atoms with van der Waals surface area (Å²) in [7, 11) is 0. The van der Waals surface area contributed by atoms with Crippen LogP contribution in [0, 0.1) is 0 Å². The van der Waals surface area contributed by atoms with Gasteiger partial charge in [-0.05, 0) is 93.4 Å². The molecule has 0 aromatic carbocycles. The van der Waals surface area contributed by atoms with Gasteiger partial charge < -0.3 is 20.9 Å². The van der Waals surface area contributed by atoms with Crippen molar-refractivity contribution in [1.29, 1.82) is 0 Å². The Morgan fingerprint density at radius 1 is 0.808 bits per heavy atom. The SMILES string of the molecule is CC(C)(C)N.CC(C)(C)NCCN1CCCC1.Cl.ClCCN1CCCC1. The van der Waals surface area contributed by atoms with Crippen LogP contribution in [0.4, 0.5) is 0 Å². The lowest BCUT2D eigenvalue weighted by molar-refractivity contribution is 0.312. The van der Waals surface area contributed by atoms with E-state index in [1.165, 1.54) is 58.4 Å². The summed E-state index contributed by atoms with van der Waals surface area (Å²) in [5.74, 6) is 0.792. The zero-order chi connectivity index (χ0) is 19.3. The molecule has 0 aromatic rings. The number of likely N-dealkylation sites (tertiary alicyclic amines) is 2. The minimum absolute atomic E-state index is 0. The molecule has 4 nitrogen and oxygen atoms in total. The maximum Gasteiger partial charge on any atom is 0.0351 e. The first-order chi connectivity index (χ1) is 11.5. The summed E-state index contributed by atoms with van der Waals surface area (Å²) in [5.41, 5.74) is 5.63. The van der Waals surface area contributed by atoms with Gasteiger partial charge in [-0.2, -0.15) is 0 Å². The van der Waals surface area contributed by atoms with E-state index in [9.17, 15) is 0 Å². The smallest absolute Gasteiger partial charge is 0.0351 e. The van der Waals surface area contributed by atoms with Crippen molar-refractivity contribution in [3.05, 3.63) is 0 Å². The summed E-state index contributed by atoms with van der Waals surface area (Å²) in [4.78, 5) is 4.95. The zero-order valence-corrected chi connectivity index (χ0v) is 19.8. The van der Waals surface area contributed by atoms with Crippen molar-refractivity contribution in [3.63, 3.8) is 0 Å². The fourth-order valence-corrected chi connectivity index (χ4v) is 2.96. The van der Waals surface area contributed by atoms with Crippen molar-refractivity contribution in [3.8, 4) is 0 Å². The lowest BCUT2D eigenvalue weighted by Gasteiger charge is -2.23. The minimum atomic E-state index is 0. The third kappa shape index (κ3) is 22.5. The molecule has 2 saturated heterocycles. The average molecular weight is 414 g/mol. The van der Waals surface area contributed by atoms with Crippen molar-refractivity contribution in [2.75, 3.05) is 51.7 Å². The average Bonchev–Trinajstić information content (AvgIpc) is 3.09. The van der Waals surface area contributed by atoms with E-state index < -0.39 is 0 Å². The van der Waals surface area contributed by atoms with Gasteiger partial charge in [0.25, 0.3) is 0 Å². The molecule has 2 rings (SSSR count). The van der Waals surface area contributed by atoms with Gasteiger partial charge in [-0.25, -0.2) is 0 Å². The van der Waals surface area contributed by atoms with Crippen LogP contribution < -0.4 is 11.1 Å². The van der Waals surface area contributed by atoms with Gasteiger partial charge >= 0.3 is 0 Å². The minimum Gasteiger partial charge on any atom is -0.326 e. The maximum atomic E-state index is 5.54. The van der Waals surface area contributed by atoms with Gasteiger partial charge in [0.2, 0.25) is 0 Å². The van der Waals surface area contributed by atoms with E-state index in [1.54, 1.807) is 0 Å². The number of nitrogens with zero attached hydrogens (tertiary/aromatic N) is 2. The Morgan fingerprint density at radius 3 is 1.46 bits per heavy atom. The molecule has 26 heavy (non-hydrogen) atoms. The number of hydrogen-bond donors (Lipinski definition) is 2. The first kappa shape index (κ1) is 28.6. The summed E-state index contributed by atoms with van der Waals surface area (Å²) >= 11 is 5.54. The predicted molar refractivity (Wildman–Crippen MR) is 121 cm³/mol. The van der Waals surface area contributed by atoms with Gasteiger partial charge in [0.15, 0.2) is 0 Å². The highest BCUT2D eigenvalue weighted by Crippen LogP contribution is 2.06. The molecule has 160 valence electrons. The van der Waals surface area contributed by atoms with Crippen molar-refractivity contribution in [2.45, 2.75) is 78.3 Å². The van der Waals surface area contributed by atoms with E-state index in [1.807, 2.05) is 20.8 Å². The Morgan fingerprint density at radius 2 is 1.15 bits per heavy atom. The topological polar surface area (TPSA) is 44.5 Å². The molecule has 6 heteroatoms. The lowest BCUT2D eigenvalue weighted by atomic mass is 10.1. The largest absolute Gasteiger partial charge is 0.326 e. The van der Waals surface area contributed by atoms with Crippen LogP contribution in [-0.4, -0.2) is 72.6 Å². The molecular formula is C20H46Cl2N4. The van der Waals surface area contributed by atoms with Gasteiger partial charge in [-0.3, -0.25) is 0 Å². The highest BCUT2D eigenvalue weighted by molar-refractivity contribution is 6.18. The molecule has 0 radical (unpaired) electrons. The summed E-state index contributed by atoms with van der Waals surface area (Å²) < 4.78 is 0. The number of rotatable bonds is 5. The van der Waals surface area contributed by atoms with E-state index in [0.29, 0.717) is 0 Å². The lowest BCUT2D eigenvalue weighted by Crippen LogP contribution is -2.40. The van der Waals surface area contributed by atoms with Crippen LogP contribution >= 0.6 is 24.0 Å². The van der Waals surface area contributed by atoms with Crippen LogP contribution in [0.5, 0.6) is 0 Å². The van der Waals surface area contributed by atoms with Crippen LogP contribution in [0.1, 0.15) is 67.2 Å². The number of nitrogens with one attached hydrogen (secondary N) is 1. The molecular weight excluding hydrogens is 367 g/mol. The van der Waals surface area contributed by atoms with Crippen LogP contribution in [-0.2, 0) is 0 Å². The standard InChI is InChI=1S/C10H22N2.C6H12ClN.C4H11N.ClH/c1-10(2,3)11-6-9-12-7-4-5-8-12;7-3-6-8-4-1-2-5-8;1-4(2,3)5;/h11H,4-9H2,1-3H3;1-6H2;5H2,1-3H3;1H. The summed E-state index contributed by atoms with van der Waals surface area (Å²) in [5, 5.41) is 3.51. The van der Waals surface area contributed by atoms with Crippen molar-refractivity contribution < 1.29 is 0 Å². The second kappa shape index (κ2) is 15.4. The van der Waals surface area contributed by atoms with Crippen LogP contribution in [0.15, 0.2) is 0 Å². The molecule has 2 aliphatic rings. The molecule has 0 saturated carbocycles. The number of hydrogen-bond acceptors (Lipinski definition) is 4. The van der Waals surface area contributed by atoms with Crippen molar-refractivity contribution >= 4 is 24.0 Å². The molecule has 0 aromatic heterocycles. The van der Waals surface area contributed by atoms with Gasteiger partial charge in [0.1, 0.15) is 0 Å². The van der Waals surface area contributed by atoms with E-state index >= 15 is 0 Å². The predicted octanol–water partition coefficient (Wildman–Crippen LogP) is 3.96. The Bertz CT molecular complexity index is 296. The second-order valence-corrected chi connectivity index (χ2v) is 9.71. The molecule has 3 N–H and O–H groups in total. The molecule has 0 aliphatic carbocycles.